The Morgan fingerprint density at radius 2 is 2.00 bits per heavy atom. The topological polar surface area (TPSA) is 38.1 Å². The number of carbonyl (C=O) groups is 1. The minimum atomic E-state index is 0.0886. The molecule has 1 amide bonds. The van der Waals surface area contributed by atoms with Gasteiger partial charge in [-0.1, -0.05) is 42.8 Å². The molecule has 0 saturated carbocycles. The number of hydrogen-bond acceptors (Lipinski definition) is 3. The number of amides is 1. The van der Waals surface area contributed by atoms with E-state index in [1.807, 2.05) is 41.6 Å². The predicted molar refractivity (Wildman–Crippen MR) is 105 cm³/mol. The lowest BCUT2D eigenvalue weighted by Gasteiger charge is -2.24. The lowest BCUT2D eigenvalue weighted by atomic mass is 9.94. The summed E-state index contributed by atoms with van der Waals surface area (Å²) in [6, 6.07) is 16.5. The molecule has 4 rings (SSSR count). The van der Waals surface area contributed by atoms with Crippen LogP contribution in [0.5, 0.6) is 0 Å². The molecule has 0 bridgehead atoms. The number of carbonyl (C=O) groups excluding carboxylic acids is 1. The van der Waals surface area contributed by atoms with E-state index in [1.54, 1.807) is 16.0 Å². The number of aryl methyl sites for hydroxylation is 1. The highest BCUT2D eigenvalue weighted by molar-refractivity contribution is 7.13. The van der Waals surface area contributed by atoms with E-state index in [0.717, 1.165) is 42.9 Å². The monoisotopic (exact) mass is 365 g/mol. The van der Waals surface area contributed by atoms with Crippen LogP contribution in [0, 0.1) is 0 Å². The van der Waals surface area contributed by atoms with E-state index >= 15 is 0 Å². The molecule has 1 unspecified atom stereocenters. The number of benzene rings is 1. The van der Waals surface area contributed by atoms with Crippen LogP contribution in [0.1, 0.15) is 41.2 Å². The molecule has 1 aliphatic rings. The maximum atomic E-state index is 13.2. The number of hydrogen-bond donors (Lipinski definition) is 0. The molecule has 1 aliphatic heterocycles. The van der Waals surface area contributed by atoms with Gasteiger partial charge in [-0.2, -0.15) is 5.10 Å². The second-order valence-corrected chi connectivity index (χ2v) is 7.82. The Balaban J connectivity index is 1.57. The smallest absolute Gasteiger partial charge is 0.272 e. The van der Waals surface area contributed by atoms with Crippen LogP contribution in [0.2, 0.25) is 0 Å². The molecule has 3 heterocycles. The molecule has 0 radical (unpaired) electrons. The first-order valence-corrected chi connectivity index (χ1v) is 10.0. The summed E-state index contributed by atoms with van der Waals surface area (Å²) in [6.45, 7) is 1.60. The highest BCUT2D eigenvalue weighted by atomic mass is 32.1. The molecule has 134 valence electrons. The molecule has 1 aromatic carbocycles. The summed E-state index contributed by atoms with van der Waals surface area (Å²) < 4.78 is 1.72. The fourth-order valence-corrected chi connectivity index (χ4v) is 4.38. The summed E-state index contributed by atoms with van der Waals surface area (Å²) in [5.74, 6) is 0.498. The highest BCUT2D eigenvalue weighted by Gasteiger charge is 2.26. The number of aromatic nitrogens is 2. The SMILES string of the molecule is Cn1nc(-c2cccs2)cc1C(=O)N1CCCCC(c2ccccc2)C1. The summed E-state index contributed by atoms with van der Waals surface area (Å²) in [4.78, 5) is 16.3. The van der Waals surface area contributed by atoms with Crippen molar-refractivity contribution in [3.05, 3.63) is 65.2 Å². The zero-order valence-electron chi connectivity index (χ0n) is 15.0. The van der Waals surface area contributed by atoms with Crippen molar-refractivity contribution in [2.24, 2.45) is 7.05 Å². The Morgan fingerprint density at radius 3 is 2.77 bits per heavy atom. The molecule has 0 aliphatic carbocycles. The lowest BCUT2D eigenvalue weighted by molar-refractivity contribution is 0.0743. The van der Waals surface area contributed by atoms with Crippen molar-refractivity contribution < 1.29 is 4.79 Å². The van der Waals surface area contributed by atoms with Gasteiger partial charge in [0.05, 0.1) is 4.88 Å². The van der Waals surface area contributed by atoms with Gasteiger partial charge in [-0.05, 0) is 35.9 Å². The number of likely N-dealkylation sites (tertiary alicyclic amines) is 1. The van der Waals surface area contributed by atoms with Crippen molar-refractivity contribution in [1.82, 2.24) is 14.7 Å². The Labute approximate surface area is 158 Å². The average molecular weight is 366 g/mol. The molecular weight excluding hydrogens is 342 g/mol. The van der Waals surface area contributed by atoms with Crippen LogP contribution in [-0.4, -0.2) is 33.7 Å². The van der Waals surface area contributed by atoms with Crippen molar-refractivity contribution in [1.29, 1.82) is 0 Å². The molecule has 3 aromatic rings. The zero-order valence-corrected chi connectivity index (χ0v) is 15.8. The highest BCUT2D eigenvalue weighted by Crippen LogP contribution is 2.28. The second kappa shape index (κ2) is 7.46. The third-order valence-corrected chi connectivity index (χ3v) is 5.99. The van der Waals surface area contributed by atoms with Crippen LogP contribution in [0.3, 0.4) is 0 Å². The average Bonchev–Trinajstić information content (AvgIpc) is 3.26. The van der Waals surface area contributed by atoms with Crippen LogP contribution in [0.15, 0.2) is 53.9 Å². The molecule has 26 heavy (non-hydrogen) atoms. The van der Waals surface area contributed by atoms with Gasteiger partial charge in [0, 0.05) is 26.1 Å². The van der Waals surface area contributed by atoms with E-state index in [-0.39, 0.29) is 5.91 Å². The largest absolute Gasteiger partial charge is 0.337 e. The summed E-state index contributed by atoms with van der Waals surface area (Å²) in [5, 5.41) is 6.58. The van der Waals surface area contributed by atoms with Crippen molar-refractivity contribution >= 4 is 17.2 Å². The molecule has 5 heteroatoms. The fourth-order valence-electron chi connectivity index (χ4n) is 3.70. The van der Waals surface area contributed by atoms with Gasteiger partial charge in [-0.3, -0.25) is 9.48 Å². The van der Waals surface area contributed by atoms with Gasteiger partial charge in [-0.15, -0.1) is 11.3 Å². The summed E-state index contributed by atoms with van der Waals surface area (Å²) in [7, 11) is 1.86. The predicted octanol–water partition coefficient (Wildman–Crippen LogP) is 4.56. The first-order chi connectivity index (χ1) is 12.7. The molecule has 1 fully saturated rings. The molecule has 0 N–H and O–H groups in total. The second-order valence-electron chi connectivity index (χ2n) is 6.87. The van der Waals surface area contributed by atoms with Gasteiger partial charge in [0.2, 0.25) is 0 Å². The van der Waals surface area contributed by atoms with E-state index in [0.29, 0.717) is 11.6 Å². The summed E-state index contributed by atoms with van der Waals surface area (Å²) >= 11 is 1.65. The summed E-state index contributed by atoms with van der Waals surface area (Å²) in [6.07, 6.45) is 3.36. The van der Waals surface area contributed by atoms with Crippen LogP contribution >= 0.6 is 11.3 Å². The van der Waals surface area contributed by atoms with Gasteiger partial charge in [0.1, 0.15) is 11.4 Å². The van der Waals surface area contributed by atoms with Gasteiger partial charge >= 0.3 is 0 Å². The quantitative estimate of drug-likeness (QED) is 0.682. The Hall–Kier alpha value is -2.40. The minimum Gasteiger partial charge on any atom is -0.337 e. The molecule has 2 aromatic heterocycles. The van der Waals surface area contributed by atoms with Crippen molar-refractivity contribution in [3.8, 4) is 10.6 Å². The third kappa shape index (κ3) is 3.44. The molecular formula is C21H23N3OS. The lowest BCUT2D eigenvalue weighted by Crippen LogP contribution is -2.35. The Morgan fingerprint density at radius 1 is 1.15 bits per heavy atom. The van der Waals surface area contributed by atoms with E-state index in [9.17, 15) is 4.79 Å². The maximum absolute atomic E-state index is 13.2. The minimum absolute atomic E-state index is 0.0886. The third-order valence-electron chi connectivity index (χ3n) is 5.10. The first kappa shape index (κ1) is 17.0. The Kier molecular flexibility index (Phi) is 4.89. The Bertz CT molecular complexity index is 870. The van der Waals surface area contributed by atoms with Crippen molar-refractivity contribution in [3.63, 3.8) is 0 Å². The standard InChI is InChI=1S/C21H23N3OS/c1-23-19(14-18(22-23)20-11-7-13-26-20)21(25)24-12-6-5-10-17(15-24)16-8-3-2-4-9-16/h2-4,7-9,11,13-14,17H,5-6,10,12,15H2,1H3. The normalized spacial score (nSPS) is 17.9. The van der Waals surface area contributed by atoms with Crippen LogP contribution in [0.4, 0.5) is 0 Å². The molecule has 1 atom stereocenters. The number of rotatable bonds is 3. The van der Waals surface area contributed by atoms with Crippen LogP contribution in [0.25, 0.3) is 10.6 Å². The van der Waals surface area contributed by atoms with Crippen molar-refractivity contribution in [2.45, 2.75) is 25.2 Å². The first-order valence-electron chi connectivity index (χ1n) is 9.14. The van der Waals surface area contributed by atoms with Crippen molar-refractivity contribution in [2.75, 3.05) is 13.1 Å². The summed E-state index contributed by atoms with van der Waals surface area (Å²) in [5.41, 5.74) is 2.87. The van der Waals surface area contributed by atoms with E-state index < -0.39 is 0 Å². The van der Waals surface area contributed by atoms with Crippen LogP contribution < -0.4 is 0 Å². The zero-order chi connectivity index (χ0) is 17.9. The fraction of sp³-hybridized carbons (Fsp3) is 0.333. The van der Waals surface area contributed by atoms with Gasteiger partial charge in [0.15, 0.2) is 0 Å². The van der Waals surface area contributed by atoms with Gasteiger partial charge in [0.25, 0.3) is 5.91 Å². The molecule has 0 spiro atoms. The van der Waals surface area contributed by atoms with E-state index in [1.165, 1.54) is 5.56 Å². The number of nitrogens with zero attached hydrogens (tertiary/aromatic N) is 3. The van der Waals surface area contributed by atoms with Crippen LogP contribution in [-0.2, 0) is 7.05 Å². The van der Waals surface area contributed by atoms with E-state index in [4.69, 9.17) is 0 Å². The van der Waals surface area contributed by atoms with Gasteiger partial charge < -0.3 is 4.90 Å². The number of thiophene rings is 1. The van der Waals surface area contributed by atoms with E-state index in [2.05, 4.69) is 29.4 Å². The molecule has 4 nitrogen and oxygen atoms in total. The molecule has 1 saturated heterocycles. The van der Waals surface area contributed by atoms with Gasteiger partial charge in [-0.25, -0.2) is 0 Å². The maximum Gasteiger partial charge on any atom is 0.272 e.